The molecule has 2 aromatic rings. The van der Waals surface area contributed by atoms with Gasteiger partial charge in [0.25, 0.3) is 5.91 Å². The van der Waals surface area contributed by atoms with Gasteiger partial charge in [0.15, 0.2) is 4.80 Å². The van der Waals surface area contributed by atoms with Gasteiger partial charge in [0.1, 0.15) is 12.3 Å². The Kier molecular flexibility index (Phi) is 8.75. The standard InChI is InChI=1S/C22H29N3O5S2/c1-4-30-16-8-9-17-18(11-16)32-22(25(17)12-21(28)29-3)23-19(26)13-31-14-20(27)24-10-6-5-7-15(24)2/h8-9,11,15H,4-7,10,12-14H2,1-3H3. The number of aromatic nitrogens is 1. The van der Waals surface area contributed by atoms with Crippen LogP contribution in [-0.2, 0) is 25.7 Å². The first kappa shape index (κ1) is 24.3. The number of piperidine rings is 1. The van der Waals surface area contributed by atoms with Crippen LogP contribution in [0, 0.1) is 0 Å². The number of rotatable bonds is 8. The Bertz CT molecular complexity index is 1050. The summed E-state index contributed by atoms with van der Waals surface area (Å²) in [6, 6.07) is 5.79. The van der Waals surface area contributed by atoms with Gasteiger partial charge in [-0.1, -0.05) is 11.3 Å². The molecule has 0 aliphatic carbocycles. The normalized spacial score (nSPS) is 16.9. The highest BCUT2D eigenvalue weighted by molar-refractivity contribution is 8.00. The fourth-order valence-electron chi connectivity index (χ4n) is 3.66. The van der Waals surface area contributed by atoms with Gasteiger partial charge in [0.05, 0.1) is 35.4 Å². The Hall–Kier alpha value is -2.33. The number of nitrogens with zero attached hydrogens (tertiary/aromatic N) is 3. The predicted octanol–water partition coefficient (Wildman–Crippen LogP) is 2.84. The molecule has 0 spiro atoms. The zero-order chi connectivity index (χ0) is 23.1. The molecule has 1 aromatic carbocycles. The van der Waals surface area contributed by atoms with Crippen LogP contribution in [0.5, 0.6) is 5.75 Å². The lowest BCUT2D eigenvalue weighted by Gasteiger charge is -2.33. The molecule has 0 N–H and O–H groups in total. The average molecular weight is 480 g/mol. The van der Waals surface area contributed by atoms with E-state index >= 15 is 0 Å². The number of fused-ring (bicyclic) bond motifs is 1. The molecule has 1 aliphatic rings. The number of benzene rings is 1. The van der Waals surface area contributed by atoms with E-state index in [2.05, 4.69) is 11.9 Å². The number of likely N-dealkylation sites (tertiary alicyclic amines) is 1. The molecule has 174 valence electrons. The molecule has 0 bridgehead atoms. The van der Waals surface area contributed by atoms with Crippen LogP contribution in [0.3, 0.4) is 0 Å². The monoisotopic (exact) mass is 479 g/mol. The van der Waals surface area contributed by atoms with Gasteiger partial charge in [0.2, 0.25) is 5.91 Å². The zero-order valence-electron chi connectivity index (χ0n) is 18.7. The van der Waals surface area contributed by atoms with Crippen LogP contribution in [0.15, 0.2) is 23.2 Å². The summed E-state index contributed by atoms with van der Waals surface area (Å²) < 4.78 is 12.9. The van der Waals surface area contributed by atoms with Crippen LogP contribution in [0.1, 0.15) is 33.1 Å². The van der Waals surface area contributed by atoms with Crippen molar-refractivity contribution in [1.82, 2.24) is 9.47 Å². The van der Waals surface area contributed by atoms with E-state index in [1.807, 2.05) is 30.0 Å². The minimum atomic E-state index is -0.428. The lowest BCUT2D eigenvalue weighted by Crippen LogP contribution is -2.43. The van der Waals surface area contributed by atoms with Crippen molar-refractivity contribution >= 4 is 51.1 Å². The Balaban J connectivity index is 1.73. The number of thiazole rings is 1. The van der Waals surface area contributed by atoms with Gasteiger partial charge in [-0.05, 0) is 51.3 Å². The number of carbonyl (C=O) groups is 3. The third kappa shape index (κ3) is 6.13. The van der Waals surface area contributed by atoms with Crippen molar-refractivity contribution in [3.8, 4) is 5.75 Å². The summed E-state index contributed by atoms with van der Waals surface area (Å²) in [7, 11) is 1.32. The molecule has 1 atom stereocenters. The number of hydrogen-bond donors (Lipinski definition) is 0. The Labute approximate surface area is 195 Å². The van der Waals surface area contributed by atoms with E-state index in [9.17, 15) is 14.4 Å². The first-order valence-electron chi connectivity index (χ1n) is 10.7. The van der Waals surface area contributed by atoms with E-state index in [0.29, 0.717) is 17.2 Å². The number of thioether (sulfide) groups is 1. The van der Waals surface area contributed by atoms with Gasteiger partial charge in [-0.3, -0.25) is 14.4 Å². The molecular formula is C22H29N3O5S2. The highest BCUT2D eigenvalue weighted by Gasteiger charge is 2.23. The minimum absolute atomic E-state index is 0.0466. The molecule has 2 amide bonds. The van der Waals surface area contributed by atoms with Crippen molar-refractivity contribution in [3.63, 3.8) is 0 Å². The highest BCUT2D eigenvalue weighted by atomic mass is 32.2. The summed E-state index contributed by atoms with van der Waals surface area (Å²) in [5.41, 5.74) is 0.775. The van der Waals surface area contributed by atoms with Gasteiger partial charge in [-0.25, -0.2) is 0 Å². The van der Waals surface area contributed by atoms with E-state index in [1.54, 1.807) is 4.57 Å². The molecule has 0 saturated carbocycles. The third-order valence-corrected chi connectivity index (χ3v) is 7.22. The molecule has 1 saturated heterocycles. The van der Waals surface area contributed by atoms with Gasteiger partial charge in [-0.2, -0.15) is 4.99 Å². The lowest BCUT2D eigenvalue weighted by molar-refractivity contribution is -0.141. The second-order valence-electron chi connectivity index (χ2n) is 7.54. The van der Waals surface area contributed by atoms with Crippen molar-refractivity contribution in [2.75, 3.05) is 31.8 Å². The quantitative estimate of drug-likeness (QED) is 0.541. The second-order valence-corrected chi connectivity index (χ2v) is 9.53. The Morgan fingerprint density at radius 3 is 2.78 bits per heavy atom. The van der Waals surface area contributed by atoms with E-state index in [1.165, 1.54) is 30.2 Å². The first-order valence-corrected chi connectivity index (χ1v) is 12.7. The average Bonchev–Trinajstić information content (AvgIpc) is 3.10. The number of amides is 2. The van der Waals surface area contributed by atoms with Crippen LogP contribution < -0.4 is 9.54 Å². The molecule has 1 fully saturated rings. The number of hydrogen-bond acceptors (Lipinski definition) is 7. The van der Waals surface area contributed by atoms with Crippen LogP contribution in [0.25, 0.3) is 10.2 Å². The van der Waals surface area contributed by atoms with E-state index in [-0.39, 0.29) is 35.9 Å². The molecule has 2 heterocycles. The summed E-state index contributed by atoms with van der Waals surface area (Å²) in [5.74, 6) is 0.377. The van der Waals surface area contributed by atoms with Crippen molar-refractivity contribution in [2.24, 2.45) is 4.99 Å². The lowest BCUT2D eigenvalue weighted by atomic mass is 10.0. The van der Waals surface area contributed by atoms with Crippen LogP contribution in [-0.4, -0.2) is 65.1 Å². The summed E-state index contributed by atoms with van der Waals surface area (Å²) in [4.78, 5) is 43.5. The molecule has 1 aromatic heterocycles. The van der Waals surface area contributed by atoms with Gasteiger partial charge in [0, 0.05) is 12.6 Å². The SMILES string of the molecule is CCOc1ccc2c(c1)sc(=NC(=O)CSCC(=O)N1CCCCC1C)n2CC(=O)OC. The number of esters is 1. The maximum absolute atomic E-state index is 12.5. The van der Waals surface area contributed by atoms with Crippen LogP contribution >= 0.6 is 23.1 Å². The second kappa shape index (κ2) is 11.5. The highest BCUT2D eigenvalue weighted by Crippen LogP contribution is 2.24. The zero-order valence-corrected chi connectivity index (χ0v) is 20.3. The van der Waals surface area contributed by atoms with Crippen molar-refractivity contribution in [1.29, 1.82) is 0 Å². The molecule has 3 rings (SSSR count). The summed E-state index contributed by atoms with van der Waals surface area (Å²) in [6.45, 7) is 5.26. The van der Waals surface area contributed by atoms with Crippen LogP contribution in [0.2, 0.25) is 0 Å². The summed E-state index contributed by atoms with van der Waals surface area (Å²) >= 11 is 2.58. The maximum atomic E-state index is 12.5. The first-order chi connectivity index (χ1) is 15.4. The number of ether oxygens (including phenoxy) is 2. The van der Waals surface area contributed by atoms with Crippen molar-refractivity contribution in [3.05, 3.63) is 23.0 Å². The largest absolute Gasteiger partial charge is 0.494 e. The van der Waals surface area contributed by atoms with Gasteiger partial charge < -0.3 is 18.9 Å². The van der Waals surface area contributed by atoms with Crippen LogP contribution in [0.4, 0.5) is 0 Å². The third-order valence-electron chi connectivity index (χ3n) is 5.27. The van der Waals surface area contributed by atoms with Gasteiger partial charge in [-0.15, -0.1) is 11.8 Å². The van der Waals surface area contributed by atoms with E-state index < -0.39 is 5.97 Å². The molecule has 32 heavy (non-hydrogen) atoms. The van der Waals surface area contributed by atoms with Crippen molar-refractivity contribution in [2.45, 2.75) is 45.7 Å². The molecular weight excluding hydrogens is 450 g/mol. The minimum Gasteiger partial charge on any atom is -0.494 e. The number of methoxy groups -OCH3 is 1. The fourth-order valence-corrected chi connectivity index (χ4v) is 5.41. The van der Waals surface area contributed by atoms with Gasteiger partial charge >= 0.3 is 5.97 Å². The smallest absolute Gasteiger partial charge is 0.325 e. The Morgan fingerprint density at radius 2 is 2.06 bits per heavy atom. The Morgan fingerprint density at radius 1 is 1.25 bits per heavy atom. The topological polar surface area (TPSA) is 90.2 Å². The molecule has 1 aliphatic heterocycles. The number of carbonyl (C=O) groups excluding carboxylic acids is 3. The maximum Gasteiger partial charge on any atom is 0.325 e. The molecule has 1 unspecified atom stereocenters. The molecule has 8 nitrogen and oxygen atoms in total. The fraction of sp³-hybridized carbons (Fsp3) is 0.545. The molecule has 10 heteroatoms. The van der Waals surface area contributed by atoms with Crippen molar-refractivity contribution < 1.29 is 23.9 Å². The summed E-state index contributed by atoms with van der Waals surface area (Å²) in [5, 5.41) is 0. The van der Waals surface area contributed by atoms with E-state index in [0.717, 1.165) is 36.0 Å². The summed E-state index contributed by atoms with van der Waals surface area (Å²) in [6.07, 6.45) is 3.22. The predicted molar refractivity (Wildman–Crippen MR) is 126 cm³/mol. The molecule has 0 radical (unpaired) electrons. The van der Waals surface area contributed by atoms with E-state index in [4.69, 9.17) is 9.47 Å².